The van der Waals surface area contributed by atoms with Gasteiger partial charge in [-0.15, -0.1) is 0 Å². The molecule has 3 aromatic rings. The first-order valence-electron chi connectivity index (χ1n) is 10.2. The first-order chi connectivity index (χ1) is 14.6. The number of carbonyl (C=O) groups excluding carboxylic acids is 1. The highest BCUT2D eigenvalue weighted by atomic mass is 16.4. The van der Waals surface area contributed by atoms with Crippen LogP contribution in [-0.2, 0) is 13.1 Å². The van der Waals surface area contributed by atoms with Crippen molar-refractivity contribution in [1.82, 2.24) is 4.90 Å². The first kappa shape index (κ1) is 18.4. The van der Waals surface area contributed by atoms with Crippen molar-refractivity contribution in [2.24, 2.45) is 0 Å². The van der Waals surface area contributed by atoms with Crippen molar-refractivity contribution in [3.05, 3.63) is 94.5 Å². The SMILES string of the molecule is O=C(O)c1cc(C2CC2)ccc1Nc1ccc2c(c1)CN(Cc1ccccc1)C2=O. The molecule has 0 spiro atoms. The molecule has 0 radical (unpaired) electrons. The van der Waals surface area contributed by atoms with E-state index in [2.05, 4.69) is 5.32 Å². The quantitative estimate of drug-likeness (QED) is 0.602. The highest BCUT2D eigenvalue weighted by Crippen LogP contribution is 2.41. The second-order valence-corrected chi connectivity index (χ2v) is 8.03. The zero-order chi connectivity index (χ0) is 20.7. The zero-order valence-electron chi connectivity index (χ0n) is 16.5. The molecule has 5 heteroatoms. The van der Waals surface area contributed by atoms with Crippen molar-refractivity contribution in [3.8, 4) is 0 Å². The standard InChI is InChI=1S/C25H22N2O3/c28-24-21-10-9-20(12-19(21)15-27(24)14-16-4-2-1-3-5-16)26-23-11-8-18(17-6-7-17)13-22(23)25(29)30/h1-5,8-13,17,26H,6-7,14-15H2,(H,29,30). The fourth-order valence-electron chi connectivity index (χ4n) is 4.06. The number of rotatable bonds is 6. The normalized spacial score (nSPS) is 15.2. The molecule has 0 saturated heterocycles. The van der Waals surface area contributed by atoms with Crippen LogP contribution in [0, 0.1) is 0 Å². The van der Waals surface area contributed by atoms with E-state index < -0.39 is 5.97 Å². The average Bonchev–Trinajstić information content (AvgIpc) is 3.55. The van der Waals surface area contributed by atoms with E-state index >= 15 is 0 Å². The van der Waals surface area contributed by atoms with E-state index in [-0.39, 0.29) is 11.5 Å². The summed E-state index contributed by atoms with van der Waals surface area (Å²) in [5, 5.41) is 12.9. The molecule has 0 bridgehead atoms. The van der Waals surface area contributed by atoms with Crippen LogP contribution in [-0.4, -0.2) is 21.9 Å². The molecule has 1 heterocycles. The van der Waals surface area contributed by atoms with Gasteiger partial charge in [0.15, 0.2) is 0 Å². The molecule has 2 N–H and O–H groups in total. The monoisotopic (exact) mass is 398 g/mol. The Morgan fingerprint density at radius 2 is 1.83 bits per heavy atom. The molecule has 5 rings (SSSR count). The molecule has 5 nitrogen and oxygen atoms in total. The summed E-state index contributed by atoms with van der Waals surface area (Å²) in [7, 11) is 0. The lowest BCUT2D eigenvalue weighted by Gasteiger charge is -2.15. The number of anilines is 2. The Labute approximate surface area is 175 Å². The molecular formula is C25H22N2O3. The molecule has 1 saturated carbocycles. The predicted octanol–water partition coefficient (Wildman–Crippen LogP) is 5.16. The van der Waals surface area contributed by atoms with Crippen LogP contribution >= 0.6 is 0 Å². The Balaban J connectivity index is 1.37. The van der Waals surface area contributed by atoms with Crippen LogP contribution in [0.5, 0.6) is 0 Å². The Morgan fingerprint density at radius 3 is 2.57 bits per heavy atom. The minimum atomic E-state index is -0.939. The Kier molecular flexibility index (Phi) is 4.51. The van der Waals surface area contributed by atoms with Gasteiger partial charge < -0.3 is 15.3 Å². The van der Waals surface area contributed by atoms with Gasteiger partial charge in [-0.05, 0) is 65.8 Å². The minimum Gasteiger partial charge on any atom is -0.478 e. The van der Waals surface area contributed by atoms with Gasteiger partial charge in [-0.1, -0.05) is 36.4 Å². The first-order valence-corrected chi connectivity index (χ1v) is 10.2. The number of nitrogens with one attached hydrogen (secondary N) is 1. The summed E-state index contributed by atoms with van der Waals surface area (Å²) in [6, 6.07) is 21.2. The van der Waals surface area contributed by atoms with Crippen molar-refractivity contribution < 1.29 is 14.7 Å². The Bertz CT molecular complexity index is 1140. The molecule has 1 fully saturated rings. The summed E-state index contributed by atoms with van der Waals surface area (Å²) >= 11 is 0. The van der Waals surface area contributed by atoms with Crippen LogP contribution in [0.25, 0.3) is 0 Å². The lowest BCUT2D eigenvalue weighted by molar-refractivity contribution is 0.0697. The van der Waals surface area contributed by atoms with Gasteiger partial charge in [0.1, 0.15) is 0 Å². The number of hydrogen-bond donors (Lipinski definition) is 2. The fraction of sp³-hybridized carbons (Fsp3) is 0.200. The van der Waals surface area contributed by atoms with Crippen molar-refractivity contribution in [3.63, 3.8) is 0 Å². The van der Waals surface area contributed by atoms with Crippen molar-refractivity contribution in [2.75, 3.05) is 5.32 Å². The van der Waals surface area contributed by atoms with Gasteiger partial charge in [0.2, 0.25) is 0 Å². The van der Waals surface area contributed by atoms with Gasteiger partial charge in [-0.25, -0.2) is 4.79 Å². The molecule has 1 amide bonds. The maximum absolute atomic E-state index is 12.7. The number of benzene rings is 3. The van der Waals surface area contributed by atoms with Crippen LogP contribution in [0.4, 0.5) is 11.4 Å². The van der Waals surface area contributed by atoms with Crippen LogP contribution in [0.1, 0.15) is 56.2 Å². The number of fused-ring (bicyclic) bond motifs is 1. The van der Waals surface area contributed by atoms with Gasteiger partial charge in [-0.2, -0.15) is 0 Å². The van der Waals surface area contributed by atoms with E-state index in [0.717, 1.165) is 35.2 Å². The van der Waals surface area contributed by atoms with Crippen LogP contribution in [0.15, 0.2) is 66.7 Å². The molecule has 1 aliphatic heterocycles. The molecule has 0 aromatic heterocycles. The number of carbonyl (C=O) groups is 2. The number of hydrogen-bond acceptors (Lipinski definition) is 3. The third kappa shape index (κ3) is 3.54. The summed E-state index contributed by atoms with van der Waals surface area (Å²) in [6.07, 6.45) is 2.26. The average molecular weight is 398 g/mol. The van der Waals surface area contributed by atoms with Gasteiger partial charge in [0, 0.05) is 24.3 Å². The topological polar surface area (TPSA) is 69.6 Å². The largest absolute Gasteiger partial charge is 0.478 e. The smallest absolute Gasteiger partial charge is 0.337 e. The van der Waals surface area contributed by atoms with Gasteiger partial charge in [-0.3, -0.25) is 4.79 Å². The zero-order valence-corrected chi connectivity index (χ0v) is 16.5. The summed E-state index contributed by atoms with van der Waals surface area (Å²) < 4.78 is 0. The van der Waals surface area contributed by atoms with Crippen molar-refractivity contribution >= 4 is 23.3 Å². The number of carboxylic acid groups (broad SMARTS) is 1. The van der Waals surface area contributed by atoms with Crippen molar-refractivity contribution in [1.29, 1.82) is 0 Å². The molecular weight excluding hydrogens is 376 g/mol. The van der Waals surface area contributed by atoms with Crippen LogP contribution in [0.2, 0.25) is 0 Å². The van der Waals surface area contributed by atoms with E-state index in [0.29, 0.717) is 30.3 Å². The Hall–Kier alpha value is -3.60. The van der Waals surface area contributed by atoms with Crippen LogP contribution in [0.3, 0.4) is 0 Å². The van der Waals surface area contributed by atoms with E-state index in [1.54, 1.807) is 6.07 Å². The number of carboxylic acids is 1. The Morgan fingerprint density at radius 1 is 1.03 bits per heavy atom. The predicted molar refractivity (Wildman–Crippen MR) is 115 cm³/mol. The summed E-state index contributed by atoms with van der Waals surface area (Å²) in [6.45, 7) is 1.12. The number of nitrogens with zero attached hydrogens (tertiary/aromatic N) is 1. The van der Waals surface area contributed by atoms with Gasteiger partial charge in [0.25, 0.3) is 5.91 Å². The van der Waals surface area contributed by atoms with E-state index in [1.807, 2.05) is 65.6 Å². The lowest BCUT2D eigenvalue weighted by atomic mass is 10.0. The number of aromatic carboxylic acids is 1. The molecule has 30 heavy (non-hydrogen) atoms. The van der Waals surface area contributed by atoms with E-state index in [9.17, 15) is 14.7 Å². The van der Waals surface area contributed by atoms with Gasteiger partial charge in [0.05, 0.1) is 11.3 Å². The molecule has 0 atom stereocenters. The lowest BCUT2D eigenvalue weighted by Crippen LogP contribution is -2.23. The fourth-order valence-corrected chi connectivity index (χ4v) is 4.06. The second kappa shape index (κ2) is 7.34. The summed E-state index contributed by atoms with van der Waals surface area (Å²) in [5.74, 6) is -0.412. The molecule has 3 aromatic carbocycles. The summed E-state index contributed by atoms with van der Waals surface area (Å²) in [5.41, 5.74) is 5.48. The third-order valence-corrected chi connectivity index (χ3v) is 5.80. The molecule has 2 aliphatic rings. The van der Waals surface area contributed by atoms with Crippen molar-refractivity contribution in [2.45, 2.75) is 31.8 Å². The summed E-state index contributed by atoms with van der Waals surface area (Å²) in [4.78, 5) is 26.3. The highest BCUT2D eigenvalue weighted by molar-refractivity contribution is 5.99. The second-order valence-electron chi connectivity index (χ2n) is 8.03. The van der Waals surface area contributed by atoms with Gasteiger partial charge >= 0.3 is 5.97 Å². The number of amides is 1. The minimum absolute atomic E-state index is 0.0282. The van der Waals surface area contributed by atoms with E-state index in [1.165, 1.54) is 0 Å². The molecule has 150 valence electrons. The highest BCUT2D eigenvalue weighted by Gasteiger charge is 2.28. The van der Waals surface area contributed by atoms with E-state index in [4.69, 9.17) is 0 Å². The maximum atomic E-state index is 12.7. The van der Waals surface area contributed by atoms with Crippen LogP contribution < -0.4 is 5.32 Å². The molecule has 0 unspecified atom stereocenters. The maximum Gasteiger partial charge on any atom is 0.337 e. The molecule has 1 aliphatic carbocycles. The third-order valence-electron chi connectivity index (χ3n) is 5.80.